The fourth-order valence-electron chi connectivity index (χ4n) is 1.65. The molecule has 16 heavy (non-hydrogen) atoms. The number of aryl methyl sites for hydroxylation is 1. The zero-order valence-corrected chi connectivity index (χ0v) is 9.69. The van der Waals surface area contributed by atoms with Crippen molar-refractivity contribution in [3.8, 4) is 0 Å². The van der Waals surface area contributed by atoms with Crippen molar-refractivity contribution in [2.24, 2.45) is 0 Å². The van der Waals surface area contributed by atoms with Crippen molar-refractivity contribution in [2.45, 2.75) is 31.7 Å². The van der Waals surface area contributed by atoms with Crippen LogP contribution in [0.3, 0.4) is 0 Å². The van der Waals surface area contributed by atoms with Crippen LogP contribution in [0.1, 0.15) is 24.8 Å². The number of nitrogens with zero attached hydrogens (tertiary/aromatic N) is 1. The zero-order chi connectivity index (χ0) is 11.1. The lowest BCUT2D eigenvalue weighted by Gasteiger charge is -2.05. The van der Waals surface area contributed by atoms with Gasteiger partial charge in [-0.05, 0) is 43.4 Å². The second-order valence-corrected chi connectivity index (χ2v) is 4.30. The van der Waals surface area contributed by atoms with Crippen molar-refractivity contribution in [2.75, 3.05) is 19.8 Å². The van der Waals surface area contributed by atoms with Crippen molar-refractivity contribution in [1.29, 1.82) is 0 Å². The molecule has 88 valence electrons. The molecular formula is C13H20N2O. The summed E-state index contributed by atoms with van der Waals surface area (Å²) in [6, 6.07) is 4.92. The van der Waals surface area contributed by atoms with Crippen LogP contribution in [0.5, 0.6) is 0 Å². The molecule has 0 spiro atoms. The summed E-state index contributed by atoms with van der Waals surface area (Å²) in [5, 5.41) is 3.43. The highest BCUT2D eigenvalue weighted by atomic mass is 16.5. The van der Waals surface area contributed by atoms with E-state index in [4.69, 9.17) is 4.74 Å². The van der Waals surface area contributed by atoms with E-state index in [9.17, 15) is 0 Å². The highest BCUT2D eigenvalue weighted by Gasteiger charge is 2.19. The first kappa shape index (κ1) is 11.6. The van der Waals surface area contributed by atoms with E-state index in [-0.39, 0.29) is 0 Å². The van der Waals surface area contributed by atoms with Gasteiger partial charge in [0.05, 0.1) is 6.61 Å². The summed E-state index contributed by atoms with van der Waals surface area (Å²) in [7, 11) is 0. The number of hydrogen-bond donors (Lipinski definition) is 1. The summed E-state index contributed by atoms with van der Waals surface area (Å²) in [5.41, 5.74) is 1.34. The maximum atomic E-state index is 5.56. The van der Waals surface area contributed by atoms with Crippen LogP contribution in [0.4, 0.5) is 0 Å². The molecule has 0 saturated heterocycles. The van der Waals surface area contributed by atoms with Crippen LogP contribution in [0.25, 0.3) is 0 Å². The van der Waals surface area contributed by atoms with Gasteiger partial charge in [-0.2, -0.15) is 0 Å². The molecule has 0 unspecified atom stereocenters. The van der Waals surface area contributed by atoms with Gasteiger partial charge in [0.1, 0.15) is 0 Å². The average Bonchev–Trinajstić information content (AvgIpc) is 3.13. The second kappa shape index (κ2) is 6.61. The molecule has 1 heterocycles. The first-order chi connectivity index (χ1) is 7.95. The lowest BCUT2D eigenvalue weighted by molar-refractivity contribution is 0.133. The van der Waals surface area contributed by atoms with Crippen LogP contribution in [0.15, 0.2) is 24.5 Å². The standard InChI is InChI=1S/C13H20N2O/c1(2-12-5-7-14-8-6-12)10-16-11-9-15-13-3-4-13/h5-8,13,15H,1-4,9-11H2. The SMILES string of the molecule is c1cc(CCCOCCNC2CC2)ccn1. The Morgan fingerprint density at radius 2 is 2.06 bits per heavy atom. The van der Waals surface area contributed by atoms with Gasteiger partial charge >= 0.3 is 0 Å². The van der Waals surface area contributed by atoms with E-state index in [1.54, 1.807) is 0 Å². The number of rotatable bonds is 8. The maximum absolute atomic E-state index is 5.56. The second-order valence-electron chi connectivity index (χ2n) is 4.30. The van der Waals surface area contributed by atoms with Crippen LogP contribution in [-0.4, -0.2) is 30.8 Å². The Morgan fingerprint density at radius 1 is 1.25 bits per heavy atom. The molecule has 0 atom stereocenters. The number of aromatic nitrogens is 1. The minimum absolute atomic E-state index is 0.792. The summed E-state index contributed by atoms with van der Waals surface area (Å²) in [6.07, 6.45) is 8.56. The highest BCUT2D eigenvalue weighted by Crippen LogP contribution is 2.17. The Bertz CT molecular complexity index is 285. The zero-order valence-electron chi connectivity index (χ0n) is 9.69. The van der Waals surface area contributed by atoms with Gasteiger partial charge in [0, 0.05) is 31.6 Å². The first-order valence-corrected chi connectivity index (χ1v) is 6.15. The largest absolute Gasteiger partial charge is 0.380 e. The minimum Gasteiger partial charge on any atom is -0.380 e. The van der Waals surface area contributed by atoms with Crippen molar-refractivity contribution >= 4 is 0 Å². The molecule has 0 aromatic carbocycles. The Labute approximate surface area is 97.2 Å². The summed E-state index contributed by atoms with van der Waals surface area (Å²) < 4.78 is 5.56. The highest BCUT2D eigenvalue weighted by molar-refractivity contribution is 5.09. The van der Waals surface area contributed by atoms with Gasteiger partial charge in [0.15, 0.2) is 0 Å². The fourth-order valence-corrected chi connectivity index (χ4v) is 1.65. The average molecular weight is 220 g/mol. The van der Waals surface area contributed by atoms with Gasteiger partial charge < -0.3 is 10.1 Å². The van der Waals surface area contributed by atoms with Crippen molar-refractivity contribution < 1.29 is 4.74 Å². The topological polar surface area (TPSA) is 34.1 Å². The fraction of sp³-hybridized carbons (Fsp3) is 0.615. The number of nitrogens with one attached hydrogen (secondary N) is 1. The van der Waals surface area contributed by atoms with Gasteiger partial charge in [-0.25, -0.2) is 0 Å². The predicted octanol–water partition coefficient (Wildman–Crippen LogP) is 1.78. The van der Waals surface area contributed by atoms with Gasteiger partial charge in [0.25, 0.3) is 0 Å². The van der Waals surface area contributed by atoms with Crippen LogP contribution in [-0.2, 0) is 11.2 Å². The van der Waals surface area contributed by atoms with Gasteiger partial charge in [-0.1, -0.05) is 0 Å². The molecule has 1 saturated carbocycles. The predicted molar refractivity (Wildman–Crippen MR) is 64.4 cm³/mol. The Hall–Kier alpha value is -0.930. The van der Waals surface area contributed by atoms with E-state index >= 15 is 0 Å². The van der Waals surface area contributed by atoms with Crippen LogP contribution in [0, 0.1) is 0 Å². The Balaban J connectivity index is 1.42. The minimum atomic E-state index is 0.792. The molecule has 3 nitrogen and oxygen atoms in total. The van der Waals surface area contributed by atoms with Gasteiger partial charge in [-0.3, -0.25) is 4.98 Å². The molecule has 2 rings (SSSR count). The quantitative estimate of drug-likeness (QED) is 0.678. The third kappa shape index (κ3) is 4.73. The van der Waals surface area contributed by atoms with Crippen LogP contribution < -0.4 is 5.32 Å². The monoisotopic (exact) mass is 220 g/mol. The number of pyridine rings is 1. The maximum Gasteiger partial charge on any atom is 0.0591 e. The van der Waals surface area contributed by atoms with Gasteiger partial charge in [0.2, 0.25) is 0 Å². The normalized spacial score (nSPS) is 15.2. The lowest BCUT2D eigenvalue weighted by atomic mass is 10.1. The van der Waals surface area contributed by atoms with Crippen molar-refractivity contribution in [3.05, 3.63) is 30.1 Å². The van der Waals surface area contributed by atoms with Crippen molar-refractivity contribution in [3.63, 3.8) is 0 Å². The molecule has 0 bridgehead atoms. The molecule has 1 N–H and O–H groups in total. The summed E-state index contributed by atoms with van der Waals surface area (Å²) in [5.74, 6) is 0. The van der Waals surface area contributed by atoms with E-state index in [0.717, 1.165) is 38.6 Å². The molecule has 1 fully saturated rings. The Kier molecular flexibility index (Phi) is 4.77. The molecule has 0 amide bonds. The van der Waals surface area contributed by atoms with E-state index < -0.39 is 0 Å². The Morgan fingerprint density at radius 3 is 2.81 bits per heavy atom. The van der Waals surface area contributed by atoms with Crippen molar-refractivity contribution in [1.82, 2.24) is 10.3 Å². The summed E-state index contributed by atoms with van der Waals surface area (Å²) in [4.78, 5) is 4.00. The first-order valence-electron chi connectivity index (χ1n) is 6.15. The van der Waals surface area contributed by atoms with E-state index in [0.29, 0.717) is 0 Å². The molecule has 1 aliphatic carbocycles. The molecule has 0 radical (unpaired) electrons. The molecule has 1 aromatic heterocycles. The molecule has 0 aliphatic heterocycles. The smallest absolute Gasteiger partial charge is 0.0591 e. The summed E-state index contributed by atoms with van der Waals surface area (Å²) >= 11 is 0. The number of hydrogen-bond acceptors (Lipinski definition) is 3. The number of ether oxygens (including phenoxy) is 1. The molecule has 3 heteroatoms. The molecule has 1 aromatic rings. The third-order valence-electron chi connectivity index (χ3n) is 2.76. The summed E-state index contributed by atoms with van der Waals surface area (Å²) in [6.45, 7) is 2.70. The molecule has 1 aliphatic rings. The molecular weight excluding hydrogens is 200 g/mol. The van der Waals surface area contributed by atoms with E-state index in [1.165, 1.54) is 18.4 Å². The lowest BCUT2D eigenvalue weighted by Crippen LogP contribution is -2.21. The van der Waals surface area contributed by atoms with E-state index in [2.05, 4.69) is 22.4 Å². The van der Waals surface area contributed by atoms with Crippen LogP contribution in [0.2, 0.25) is 0 Å². The van der Waals surface area contributed by atoms with Gasteiger partial charge in [-0.15, -0.1) is 0 Å². The third-order valence-corrected chi connectivity index (χ3v) is 2.76. The van der Waals surface area contributed by atoms with Crippen LogP contribution >= 0.6 is 0 Å². The van der Waals surface area contributed by atoms with E-state index in [1.807, 2.05) is 12.4 Å².